The number of aliphatic hydroxyl groups is 2. The van der Waals surface area contributed by atoms with Gasteiger partial charge in [-0.3, -0.25) is 4.79 Å². The van der Waals surface area contributed by atoms with E-state index in [0.29, 0.717) is 18.4 Å². The first-order valence-electron chi connectivity index (χ1n) is 9.70. The maximum atomic E-state index is 12.5. The van der Waals surface area contributed by atoms with Crippen molar-refractivity contribution in [3.05, 3.63) is 47.1 Å². The first-order valence-corrected chi connectivity index (χ1v) is 9.70. The Bertz CT molecular complexity index is 804. The molecule has 0 saturated carbocycles. The van der Waals surface area contributed by atoms with Crippen molar-refractivity contribution < 1.29 is 38.8 Å². The quantitative estimate of drug-likeness (QED) is 0.297. The lowest BCUT2D eigenvalue weighted by Gasteiger charge is -2.28. The molecule has 8 nitrogen and oxygen atoms in total. The standard InChI is InChI=1S/C22H28O8/c1-12-5-6-17(28-15(4)25)13(2)10-19-20(14(3)21(26)29-19)18(9-12)30-22(27)16(11-24)7-8-23/h5,7,10,17-20,23-24H,3,6,8-9,11H2,1-2,4H3/b12-5?,13-10-,16-7+/t17-,18-,19-,20+/m1/s1. The van der Waals surface area contributed by atoms with E-state index in [9.17, 15) is 19.5 Å². The molecule has 1 saturated heterocycles. The van der Waals surface area contributed by atoms with Crippen LogP contribution in [0.5, 0.6) is 0 Å². The number of fused-ring (bicyclic) bond motifs is 1. The van der Waals surface area contributed by atoms with E-state index in [4.69, 9.17) is 19.3 Å². The maximum Gasteiger partial charge on any atom is 0.336 e. The van der Waals surface area contributed by atoms with Crippen LogP contribution in [-0.4, -0.2) is 59.6 Å². The minimum Gasteiger partial charge on any atom is -0.458 e. The van der Waals surface area contributed by atoms with Crippen molar-refractivity contribution in [2.24, 2.45) is 5.92 Å². The van der Waals surface area contributed by atoms with Crippen LogP contribution < -0.4 is 0 Å². The van der Waals surface area contributed by atoms with Crippen molar-refractivity contribution in [2.75, 3.05) is 13.2 Å². The monoisotopic (exact) mass is 420 g/mol. The fourth-order valence-corrected chi connectivity index (χ4v) is 3.56. The second-order valence-corrected chi connectivity index (χ2v) is 7.43. The predicted octanol–water partition coefficient (Wildman–Crippen LogP) is 1.53. The number of rotatable bonds is 5. The predicted molar refractivity (Wildman–Crippen MR) is 107 cm³/mol. The van der Waals surface area contributed by atoms with Gasteiger partial charge in [-0.2, -0.15) is 0 Å². The van der Waals surface area contributed by atoms with Gasteiger partial charge in [0, 0.05) is 25.3 Å². The minimum atomic E-state index is -0.786. The molecule has 1 heterocycles. The zero-order valence-corrected chi connectivity index (χ0v) is 17.4. The summed E-state index contributed by atoms with van der Waals surface area (Å²) in [6, 6.07) is 0. The molecule has 0 amide bonds. The zero-order chi connectivity index (χ0) is 22.4. The van der Waals surface area contributed by atoms with E-state index in [1.807, 2.05) is 13.0 Å². The van der Waals surface area contributed by atoms with E-state index in [0.717, 1.165) is 5.57 Å². The highest BCUT2D eigenvalue weighted by Crippen LogP contribution is 2.36. The summed E-state index contributed by atoms with van der Waals surface area (Å²) in [5.74, 6) is -2.44. The topological polar surface area (TPSA) is 119 Å². The van der Waals surface area contributed by atoms with E-state index < -0.39 is 55.4 Å². The fourth-order valence-electron chi connectivity index (χ4n) is 3.56. The molecule has 8 heteroatoms. The first-order chi connectivity index (χ1) is 14.2. The number of hydrogen-bond donors (Lipinski definition) is 2. The number of esters is 3. The van der Waals surface area contributed by atoms with Crippen LogP contribution in [0.4, 0.5) is 0 Å². The third-order valence-electron chi connectivity index (χ3n) is 5.14. The fraction of sp³-hybridized carbons (Fsp3) is 0.500. The van der Waals surface area contributed by atoms with Gasteiger partial charge in [0.25, 0.3) is 0 Å². The molecule has 0 unspecified atom stereocenters. The van der Waals surface area contributed by atoms with E-state index in [1.54, 1.807) is 13.0 Å². The summed E-state index contributed by atoms with van der Waals surface area (Å²) >= 11 is 0. The van der Waals surface area contributed by atoms with Gasteiger partial charge in [-0.05, 0) is 31.6 Å². The molecule has 1 fully saturated rings. The Kier molecular flexibility index (Phi) is 8.14. The summed E-state index contributed by atoms with van der Waals surface area (Å²) in [7, 11) is 0. The largest absolute Gasteiger partial charge is 0.458 e. The zero-order valence-electron chi connectivity index (χ0n) is 17.4. The Hall–Kier alpha value is -2.71. The molecule has 0 bridgehead atoms. The van der Waals surface area contributed by atoms with Crippen molar-refractivity contribution in [1.82, 2.24) is 0 Å². The average molecular weight is 420 g/mol. The summed E-state index contributed by atoms with van der Waals surface area (Å²) in [5.41, 5.74) is 1.67. The number of aliphatic hydroxyl groups excluding tert-OH is 2. The Labute approximate surface area is 175 Å². The molecule has 30 heavy (non-hydrogen) atoms. The van der Waals surface area contributed by atoms with Crippen LogP contribution in [0.3, 0.4) is 0 Å². The smallest absolute Gasteiger partial charge is 0.336 e. The molecule has 0 spiro atoms. The highest BCUT2D eigenvalue weighted by atomic mass is 16.6. The number of hydrogen-bond acceptors (Lipinski definition) is 8. The Morgan fingerprint density at radius 1 is 1.30 bits per heavy atom. The molecular formula is C22H28O8. The molecule has 1 aliphatic carbocycles. The van der Waals surface area contributed by atoms with E-state index in [-0.39, 0.29) is 11.1 Å². The molecule has 2 aliphatic rings. The Balaban J connectivity index is 2.42. The van der Waals surface area contributed by atoms with Gasteiger partial charge in [-0.25, -0.2) is 9.59 Å². The van der Waals surface area contributed by atoms with Crippen LogP contribution in [0.25, 0.3) is 0 Å². The lowest BCUT2D eigenvalue weighted by molar-refractivity contribution is -0.148. The molecule has 0 aromatic heterocycles. The van der Waals surface area contributed by atoms with Gasteiger partial charge in [-0.1, -0.05) is 18.2 Å². The summed E-state index contributed by atoms with van der Waals surface area (Å²) in [4.78, 5) is 36.2. The van der Waals surface area contributed by atoms with Crippen LogP contribution in [0.1, 0.15) is 33.6 Å². The van der Waals surface area contributed by atoms with Crippen molar-refractivity contribution in [3.8, 4) is 0 Å². The molecule has 1 aliphatic heterocycles. The number of ether oxygens (including phenoxy) is 3. The van der Waals surface area contributed by atoms with Gasteiger partial charge in [0.05, 0.1) is 24.7 Å². The third kappa shape index (κ3) is 5.67. The van der Waals surface area contributed by atoms with Gasteiger partial charge in [-0.15, -0.1) is 0 Å². The van der Waals surface area contributed by atoms with Gasteiger partial charge in [0.1, 0.15) is 18.3 Å². The van der Waals surface area contributed by atoms with Gasteiger partial charge < -0.3 is 24.4 Å². The average Bonchev–Trinajstić information content (AvgIpc) is 2.94. The molecule has 164 valence electrons. The molecule has 2 N–H and O–H groups in total. The third-order valence-corrected chi connectivity index (χ3v) is 5.14. The highest BCUT2D eigenvalue weighted by molar-refractivity contribution is 5.92. The van der Waals surface area contributed by atoms with Crippen molar-refractivity contribution in [1.29, 1.82) is 0 Å². The van der Waals surface area contributed by atoms with Crippen LogP contribution in [0.2, 0.25) is 0 Å². The number of carbonyl (C=O) groups is 3. The van der Waals surface area contributed by atoms with Crippen LogP contribution in [-0.2, 0) is 28.6 Å². The molecule has 0 aromatic rings. The van der Waals surface area contributed by atoms with Gasteiger partial charge in [0.2, 0.25) is 0 Å². The van der Waals surface area contributed by atoms with E-state index in [1.165, 1.54) is 13.0 Å². The minimum absolute atomic E-state index is 0.0784. The lowest BCUT2D eigenvalue weighted by atomic mass is 9.85. The van der Waals surface area contributed by atoms with Crippen molar-refractivity contribution in [3.63, 3.8) is 0 Å². The van der Waals surface area contributed by atoms with Gasteiger partial charge >= 0.3 is 17.9 Å². The first kappa shape index (κ1) is 23.6. The van der Waals surface area contributed by atoms with Crippen molar-refractivity contribution in [2.45, 2.75) is 51.9 Å². The summed E-state index contributed by atoms with van der Waals surface area (Å²) in [6.07, 6.45) is 3.45. The summed E-state index contributed by atoms with van der Waals surface area (Å²) < 4.78 is 16.5. The molecular weight excluding hydrogens is 392 g/mol. The SMILES string of the molecule is C=C1C(=O)O[C@@H]2/C=C(/C)[C@H](OC(C)=O)CC=C(C)C[C@@H](OC(=O)/C(=C/CO)CO)[C@H]12. The van der Waals surface area contributed by atoms with Crippen LogP contribution in [0.15, 0.2) is 47.1 Å². The molecule has 0 radical (unpaired) electrons. The number of carbonyl (C=O) groups excluding carboxylic acids is 3. The highest BCUT2D eigenvalue weighted by Gasteiger charge is 2.45. The second-order valence-electron chi connectivity index (χ2n) is 7.43. The Morgan fingerprint density at radius 3 is 2.60 bits per heavy atom. The maximum absolute atomic E-state index is 12.5. The molecule has 0 aromatic carbocycles. The van der Waals surface area contributed by atoms with Gasteiger partial charge in [0.15, 0.2) is 0 Å². The van der Waals surface area contributed by atoms with Crippen LogP contribution >= 0.6 is 0 Å². The molecule has 4 atom stereocenters. The van der Waals surface area contributed by atoms with E-state index >= 15 is 0 Å². The van der Waals surface area contributed by atoms with Crippen molar-refractivity contribution >= 4 is 17.9 Å². The Morgan fingerprint density at radius 2 is 2.00 bits per heavy atom. The summed E-state index contributed by atoms with van der Waals surface area (Å²) in [5, 5.41) is 18.4. The second kappa shape index (κ2) is 10.4. The normalized spacial score (nSPS) is 29.2. The van der Waals surface area contributed by atoms with E-state index in [2.05, 4.69) is 6.58 Å². The summed E-state index contributed by atoms with van der Waals surface area (Å²) in [6.45, 7) is 7.76. The van der Waals surface area contributed by atoms with Crippen LogP contribution in [0, 0.1) is 5.92 Å². The molecule has 2 rings (SSSR count). The lowest BCUT2D eigenvalue weighted by Crippen LogP contribution is -2.34.